The monoisotopic (exact) mass is 362 g/mol. The number of carbonyl (C=O) groups excluding carboxylic acids is 1. The molecule has 0 saturated heterocycles. The number of aromatic hydroxyl groups is 1. The fraction of sp³-hybridized carbons (Fsp3) is 0.158. The molecular weight excluding hydrogens is 344 g/mol. The van der Waals surface area contributed by atoms with Crippen LogP contribution in [0.1, 0.15) is 24.1 Å². The molecule has 27 heavy (non-hydrogen) atoms. The Hall–Kier alpha value is -3.68. The number of nitrogens with one attached hydrogen (secondary N) is 2. The lowest BCUT2D eigenvalue weighted by atomic mass is 9.95. The molecule has 2 heterocycles. The van der Waals surface area contributed by atoms with E-state index in [0.717, 1.165) is 11.1 Å². The molecule has 0 aliphatic carbocycles. The molecule has 136 valence electrons. The summed E-state index contributed by atoms with van der Waals surface area (Å²) in [5.74, 6) is 0.360. The van der Waals surface area contributed by atoms with Crippen molar-refractivity contribution in [1.82, 2.24) is 20.2 Å². The SMILES string of the molecule is CC1=C(C(=O)Nc2cccc(C)c2)C(c2ccc(O)cc2)n2nnnc2N1. The average Bonchev–Trinajstić information content (AvgIpc) is 3.09. The third-order valence-electron chi connectivity index (χ3n) is 4.44. The van der Waals surface area contributed by atoms with Gasteiger partial charge in [0.15, 0.2) is 0 Å². The van der Waals surface area contributed by atoms with E-state index in [4.69, 9.17) is 0 Å². The molecule has 1 aliphatic rings. The maximum atomic E-state index is 13.1. The highest BCUT2D eigenvalue weighted by molar-refractivity contribution is 6.06. The highest BCUT2D eigenvalue weighted by Crippen LogP contribution is 2.35. The second-order valence-corrected chi connectivity index (χ2v) is 6.43. The van der Waals surface area contributed by atoms with Gasteiger partial charge in [0.1, 0.15) is 11.8 Å². The van der Waals surface area contributed by atoms with Gasteiger partial charge in [0.25, 0.3) is 5.91 Å². The number of aromatic nitrogens is 4. The number of rotatable bonds is 3. The summed E-state index contributed by atoms with van der Waals surface area (Å²) in [5.41, 5.74) is 3.73. The predicted molar refractivity (Wildman–Crippen MR) is 100 cm³/mol. The smallest absolute Gasteiger partial charge is 0.255 e. The molecule has 0 saturated carbocycles. The molecule has 1 aliphatic heterocycles. The molecule has 1 atom stereocenters. The number of anilines is 2. The number of phenolic OH excluding ortho intramolecular Hbond substituents is 1. The molecule has 3 aromatic rings. The van der Waals surface area contributed by atoms with E-state index >= 15 is 0 Å². The normalized spacial score (nSPS) is 15.9. The van der Waals surface area contributed by atoms with Gasteiger partial charge in [-0.1, -0.05) is 29.4 Å². The Kier molecular flexibility index (Phi) is 4.08. The van der Waals surface area contributed by atoms with Crippen molar-refractivity contribution in [1.29, 1.82) is 0 Å². The van der Waals surface area contributed by atoms with Crippen molar-refractivity contribution in [3.8, 4) is 5.75 Å². The van der Waals surface area contributed by atoms with Crippen molar-refractivity contribution in [2.75, 3.05) is 10.6 Å². The minimum atomic E-state index is -0.512. The van der Waals surface area contributed by atoms with Crippen LogP contribution in [-0.4, -0.2) is 31.2 Å². The number of carbonyl (C=O) groups is 1. The van der Waals surface area contributed by atoms with Crippen LogP contribution in [-0.2, 0) is 4.79 Å². The molecule has 8 heteroatoms. The maximum absolute atomic E-state index is 13.1. The van der Waals surface area contributed by atoms with Crippen molar-refractivity contribution in [3.63, 3.8) is 0 Å². The minimum absolute atomic E-state index is 0.149. The lowest BCUT2D eigenvalue weighted by Gasteiger charge is -2.28. The topological polar surface area (TPSA) is 105 Å². The van der Waals surface area contributed by atoms with Crippen LogP contribution in [0.2, 0.25) is 0 Å². The summed E-state index contributed by atoms with van der Waals surface area (Å²) in [6.07, 6.45) is 0. The number of phenols is 1. The number of fused-ring (bicyclic) bond motifs is 1. The van der Waals surface area contributed by atoms with Gasteiger partial charge < -0.3 is 15.7 Å². The largest absolute Gasteiger partial charge is 0.508 e. The van der Waals surface area contributed by atoms with E-state index in [0.29, 0.717) is 22.9 Å². The lowest BCUT2D eigenvalue weighted by molar-refractivity contribution is -0.113. The van der Waals surface area contributed by atoms with Gasteiger partial charge in [-0.15, -0.1) is 0 Å². The Bertz CT molecular complexity index is 1040. The van der Waals surface area contributed by atoms with Crippen molar-refractivity contribution < 1.29 is 9.90 Å². The zero-order valence-corrected chi connectivity index (χ0v) is 14.8. The number of hydrogen-bond donors (Lipinski definition) is 3. The molecule has 8 nitrogen and oxygen atoms in total. The van der Waals surface area contributed by atoms with Crippen LogP contribution >= 0.6 is 0 Å². The Morgan fingerprint density at radius 2 is 1.96 bits per heavy atom. The van der Waals surface area contributed by atoms with Crippen LogP contribution < -0.4 is 10.6 Å². The molecule has 1 amide bonds. The lowest BCUT2D eigenvalue weighted by Crippen LogP contribution is -2.31. The molecule has 2 aromatic carbocycles. The van der Waals surface area contributed by atoms with Gasteiger partial charge in [-0.05, 0) is 59.7 Å². The van der Waals surface area contributed by atoms with Gasteiger partial charge in [0, 0.05) is 11.4 Å². The summed E-state index contributed by atoms with van der Waals surface area (Å²) < 4.78 is 1.56. The summed E-state index contributed by atoms with van der Waals surface area (Å²) >= 11 is 0. The second-order valence-electron chi connectivity index (χ2n) is 6.43. The number of tetrazole rings is 1. The first-order valence-corrected chi connectivity index (χ1v) is 8.45. The van der Waals surface area contributed by atoms with Crippen LogP contribution in [0.25, 0.3) is 0 Å². The number of nitrogens with zero attached hydrogens (tertiary/aromatic N) is 4. The fourth-order valence-electron chi connectivity index (χ4n) is 3.19. The Labute approximate surface area is 155 Å². The summed E-state index contributed by atoms with van der Waals surface area (Å²) in [5, 5.41) is 27.4. The van der Waals surface area contributed by atoms with E-state index in [1.807, 2.05) is 38.1 Å². The summed E-state index contributed by atoms with van der Waals surface area (Å²) in [7, 11) is 0. The van der Waals surface area contributed by atoms with E-state index < -0.39 is 6.04 Å². The molecular formula is C19H18N6O2. The number of amides is 1. The molecule has 0 spiro atoms. The summed E-state index contributed by atoms with van der Waals surface area (Å²) in [4.78, 5) is 13.1. The Morgan fingerprint density at radius 3 is 2.70 bits per heavy atom. The first kappa shape index (κ1) is 16.8. The van der Waals surface area contributed by atoms with Gasteiger partial charge in [-0.2, -0.15) is 4.68 Å². The predicted octanol–water partition coefficient (Wildman–Crippen LogP) is 2.61. The van der Waals surface area contributed by atoms with E-state index in [-0.39, 0.29) is 11.7 Å². The highest BCUT2D eigenvalue weighted by atomic mass is 16.3. The van der Waals surface area contributed by atoms with Gasteiger partial charge in [-0.25, -0.2) is 0 Å². The van der Waals surface area contributed by atoms with Gasteiger partial charge in [0.05, 0.1) is 5.57 Å². The Balaban J connectivity index is 1.76. The van der Waals surface area contributed by atoms with E-state index in [1.54, 1.807) is 28.9 Å². The summed E-state index contributed by atoms with van der Waals surface area (Å²) in [6.45, 7) is 3.78. The number of benzene rings is 2. The molecule has 0 bridgehead atoms. The van der Waals surface area contributed by atoms with E-state index in [2.05, 4.69) is 26.2 Å². The Morgan fingerprint density at radius 1 is 1.19 bits per heavy atom. The van der Waals surface area contributed by atoms with Crippen LogP contribution in [0.15, 0.2) is 59.8 Å². The molecule has 1 unspecified atom stereocenters. The zero-order chi connectivity index (χ0) is 19.0. The average molecular weight is 362 g/mol. The molecule has 1 aromatic heterocycles. The van der Waals surface area contributed by atoms with Crippen molar-refractivity contribution in [3.05, 3.63) is 70.9 Å². The molecule has 0 radical (unpaired) electrons. The van der Waals surface area contributed by atoms with Crippen LogP contribution in [0.5, 0.6) is 5.75 Å². The third kappa shape index (κ3) is 3.12. The maximum Gasteiger partial charge on any atom is 0.255 e. The van der Waals surface area contributed by atoms with Crippen molar-refractivity contribution in [2.45, 2.75) is 19.9 Å². The molecule has 0 fully saturated rings. The van der Waals surface area contributed by atoms with Crippen LogP contribution in [0.3, 0.4) is 0 Å². The standard InChI is InChI=1S/C19H18N6O2/c1-11-4-3-5-14(10-11)21-18(27)16-12(2)20-19-22-23-24-25(19)17(16)13-6-8-15(26)9-7-13/h3-10,17,26H,1-2H3,(H,21,27)(H,20,22,24). The van der Waals surface area contributed by atoms with Crippen LogP contribution in [0, 0.1) is 6.92 Å². The van der Waals surface area contributed by atoms with E-state index in [9.17, 15) is 9.90 Å². The van der Waals surface area contributed by atoms with Crippen molar-refractivity contribution >= 4 is 17.5 Å². The highest BCUT2D eigenvalue weighted by Gasteiger charge is 2.34. The third-order valence-corrected chi connectivity index (χ3v) is 4.44. The quantitative estimate of drug-likeness (QED) is 0.661. The zero-order valence-electron chi connectivity index (χ0n) is 14.8. The molecule has 4 rings (SSSR count). The minimum Gasteiger partial charge on any atom is -0.508 e. The van der Waals surface area contributed by atoms with Gasteiger partial charge in [0.2, 0.25) is 5.95 Å². The number of aryl methyl sites for hydroxylation is 1. The number of hydrogen-bond acceptors (Lipinski definition) is 6. The van der Waals surface area contributed by atoms with Gasteiger partial charge in [-0.3, -0.25) is 4.79 Å². The summed E-state index contributed by atoms with van der Waals surface area (Å²) in [6, 6.07) is 13.8. The fourth-order valence-corrected chi connectivity index (χ4v) is 3.19. The van der Waals surface area contributed by atoms with E-state index in [1.165, 1.54) is 0 Å². The molecule has 3 N–H and O–H groups in total. The second kappa shape index (κ2) is 6.56. The first-order valence-electron chi connectivity index (χ1n) is 8.45. The number of allylic oxidation sites excluding steroid dienone is 1. The van der Waals surface area contributed by atoms with Crippen LogP contribution in [0.4, 0.5) is 11.6 Å². The first-order chi connectivity index (χ1) is 13.0. The van der Waals surface area contributed by atoms with Gasteiger partial charge >= 0.3 is 0 Å². The van der Waals surface area contributed by atoms with Crippen molar-refractivity contribution in [2.24, 2.45) is 0 Å².